The Morgan fingerprint density at radius 3 is 2.81 bits per heavy atom. The zero-order valence-electron chi connectivity index (χ0n) is 12.1. The lowest BCUT2D eigenvalue weighted by molar-refractivity contribution is 0.281. The Morgan fingerprint density at radius 1 is 1.24 bits per heavy atom. The maximum atomic E-state index is 9.06. The molecule has 0 aliphatic carbocycles. The number of aliphatic hydroxyl groups is 1. The van der Waals surface area contributed by atoms with Gasteiger partial charge >= 0.3 is 0 Å². The summed E-state index contributed by atoms with van der Waals surface area (Å²) < 4.78 is 0. The number of pyridine rings is 1. The Kier molecular flexibility index (Phi) is 3.58. The van der Waals surface area contributed by atoms with Crippen LogP contribution < -0.4 is 5.32 Å². The second-order valence-corrected chi connectivity index (χ2v) is 5.25. The van der Waals surface area contributed by atoms with E-state index in [-0.39, 0.29) is 12.6 Å². The highest BCUT2D eigenvalue weighted by molar-refractivity contribution is 5.95. The monoisotopic (exact) mass is 282 g/mol. The summed E-state index contributed by atoms with van der Waals surface area (Å²) in [5.41, 5.74) is 4.42. The summed E-state index contributed by atoms with van der Waals surface area (Å²) in [6.07, 6.45) is 3.69. The fourth-order valence-electron chi connectivity index (χ4n) is 2.43. The first-order valence-electron chi connectivity index (χ1n) is 6.95. The van der Waals surface area contributed by atoms with Gasteiger partial charge in [0.05, 0.1) is 18.3 Å². The van der Waals surface area contributed by atoms with Gasteiger partial charge in [-0.15, -0.1) is 0 Å². The van der Waals surface area contributed by atoms with Crippen molar-refractivity contribution in [1.82, 2.24) is 15.2 Å². The van der Waals surface area contributed by atoms with Crippen molar-refractivity contribution in [3.63, 3.8) is 0 Å². The number of benzene rings is 1. The normalized spacial score (nSPS) is 12.5. The van der Waals surface area contributed by atoms with Gasteiger partial charge in [-0.2, -0.15) is 5.10 Å². The third kappa shape index (κ3) is 2.60. The van der Waals surface area contributed by atoms with Crippen molar-refractivity contribution in [2.24, 2.45) is 0 Å². The van der Waals surface area contributed by atoms with E-state index in [0.717, 1.165) is 27.8 Å². The molecule has 0 bridgehead atoms. The Bertz CT molecular complexity index is 749. The number of hydrogen-bond acceptors (Lipinski definition) is 4. The molecule has 0 saturated carbocycles. The van der Waals surface area contributed by atoms with E-state index >= 15 is 0 Å². The van der Waals surface area contributed by atoms with Crippen molar-refractivity contribution < 1.29 is 5.11 Å². The highest BCUT2D eigenvalue weighted by atomic mass is 16.3. The largest absolute Gasteiger partial charge is 0.394 e. The molecule has 3 rings (SSSR count). The molecule has 1 aromatic carbocycles. The van der Waals surface area contributed by atoms with Crippen LogP contribution in [0.3, 0.4) is 0 Å². The minimum atomic E-state index is -0.0117. The Balaban J connectivity index is 1.99. The van der Waals surface area contributed by atoms with E-state index < -0.39 is 0 Å². The molecule has 3 aromatic rings. The van der Waals surface area contributed by atoms with Gasteiger partial charge in [0, 0.05) is 23.2 Å². The fraction of sp³-hybridized carbons (Fsp3) is 0.250. The number of rotatable bonds is 4. The maximum absolute atomic E-state index is 9.06. The Labute approximate surface area is 123 Å². The molecule has 0 aliphatic heterocycles. The predicted octanol–water partition coefficient (Wildman–Crippen LogP) is 2.73. The number of aromatic amines is 1. The molecular weight excluding hydrogens is 264 g/mol. The highest BCUT2D eigenvalue weighted by Crippen LogP contribution is 2.30. The number of fused-ring (bicyclic) bond motifs is 1. The zero-order valence-corrected chi connectivity index (χ0v) is 12.1. The molecule has 0 fully saturated rings. The van der Waals surface area contributed by atoms with Gasteiger partial charge in [0.1, 0.15) is 5.82 Å². The Morgan fingerprint density at radius 2 is 2.10 bits per heavy atom. The SMILES string of the molecule is Cc1ccc2[nH]ncc2c1-c1ccc(N[C@@H](C)CO)nc1. The number of hydrogen-bond donors (Lipinski definition) is 3. The van der Waals surface area contributed by atoms with Gasteiger partial charge < -0.3 is 10.4 Å². The minimum Gasteiger partial charge on any atom is -0.394 e. The van der Waals surface area contributed by atoms with Gasteiger partial charge in [0.2, 0.25) is 0 Å². The van der Waals surface area contributed by atoms with E-state index in [0.29, 0.717) is 0 Å². The van der Waals surface area contributed by atoms with Crippen molar-refractivity contribution in [1.29, 1.82) is 0 Å². The standard InChI is InChI=1S/C16H18N4O/c1-10-3-5-14-13(8-18-20-14)16(10)12-4-6-15(17-7-12)19-11(2)9-21/h3-8,11,21H,9H2,1-2H3,(H,17,19)(H,18,20)/t11-/m0/s1. The first-order valence-corrected chi connectivity index (χ1v) is 6.95. The van der Waals surface area contributed by atoms with E-state index in [9.17, 15) is 0 Å². The van der Waals surface area contributed by atoms with E-state index in [2.05, 4.69) is 33.5 Å². The van der Waals surface area contributed by atoms with Gasteiger partial charge in [0.15, 0.2) is 0 Å². The van der Waals surface area contributed by atoms with Crippen LogP contribution in [0.1, 0.15) is 12.5 Å². The van der Waals surface area contributed by atoms with Crippen molar-refractivity contribution >= 4 is 16.7 Å². The number of nitrogens with one attached hydrogen (secondary N) is 2. The summed E-state index contributed by atoms with van der Waals surface area (Å²) in [6.45, 7) is 4.07. The molecule has 0 spiro atoms. The van der Waals surface area contributed by atoms with E-state index in [1.165, 1.54) is 5.56 Å². The summed E-state index contributed by atoms with van der Waals surface area (Å²) >= 11 is 0. The number of aromatic nitrogens is 3. The van der Waals surface area contributed by atoms with Gasteiger partial charge in [0.25, 0.3) is 0 Å². The summed E-state index contributed by atoms with van der Waals surface area (Å²) in [6, 6.07) is 8.07. The second kappa shape index (κ2) is 5.54. The van der Waals surface area contributed by atoms with Crippen molar-refractivity contribution in [2.75, 3.05) is 11.9 Å². The number of anilines is 1. The molecule has 0 unspecified atom stereocenters. The van der Waals surface area contributed by atoms with E-state index in [1.807, 2.05) is 37.5 Å². The fourth-order valence-corrected chi connectivity index (χ4v) is 2.43. The molecule has 5 heteroatoms. The quantitative estimate of drug-likeness (QED) is 0.688. The third-order valence-corrected chi connectivity index (χ3v) is 3.55. The van der Waals surface area contributed by atoms with Crippen molar-refractivity contribution in [3.05, 3.63) is 42.2 Å². The minimum absolute atomic E-state index is 0.0117. The summed E-state index contributed by atoms with van der Waals surface area (Å²) in [5, 5.41) is 20.4. The second-order valence-electron chi connectivity index (χ2n) is 5.25. The molecule has 0 aliphatic rings. The molecule has 0 saturated heterocycles. The van der Waals surface area contributed by atoms with Gasteiger partial charge in [-0.3, -0.25) is 5.10 Å². The topological polar surface area (TPSA) is 73.8 Å². The molecule has 2 aromatic heterocycles. The summed E-state index contributed by atoms with van der Waals surface area (Å²) in [5.74, 6) is 0.761. The van der Waals surface area contributed by atoms with Gasteiger partial charge in [-0.05, 0) is 43.2 Å². The molecule has 5 nitrogen and oxygen atoms in total. The predicted molar refractivity (Wildman–Crippen MR) is 84.2 cm³/mol. The van der Waals surface area contributed by atoms with Crippen LogP contribution in [0.4, 0.5) is 5.82 Å². The van der Waals surface area contributed by atoms with Crippen LogP contribution in [-0.4, -0.2) is 32.9 Å². The van der Waals surface area contributed by atoms with Crippen molar-refractivity contribution in [3.8, 4) is 11.1 Å². The number of H-pyrrole nitrogens is 1. The molecule has 21 heavy (non-hydrogen) atoms. The van der Waals surface area contributed by atoms with Crippen LogP contribution in [-0.2, 0) is 0 Å². The van der Waals surface area contributed by atoms with Crippen LogP contribution in [0, 0.1) is 6.92 Å². The summed E-state index contributed by atoms with van der Waals surface area (Å²) in [4.78, 5) is 4.42. The number of aryl methyl sites for hydroxylation is 1. The Hall–Kier alpha value is -2.40. The molecule has 2 heterocycles. The van der Waals surface area contributed by atoms with E-state index in [1.54, 1.807) is 0 Å². The smallest absolute Gasteiger partial charge is 0.126 e. The van der Waals surface area contributed by atoms with Gasteiger partial charge in [-0.25, -0.2) is 4.98 Å². The lowest BCUT2D eigenvalue weighted by Gasteiger charge is -2.12. The van der Waals surface area contributed by atoms with Crippen LogP contribution in [0.5, 0.6) is 0 Å². The maximum Gasteiger partial charge on any atom is 0.126 e. The molecule has 0 amide bonds. The third-order valence-electron chi connectivity index (χ3n) is 3.55. The summed E-state index contributed by atoms with van der Waals surface area (Å²) in [7, 11) is 0. The molecule has 3 N–H and O–H groups in total. The molecule has 1 atom stereocenters. The number of nitrogens with zero attached hydrogens (tertiary/aromatic N) is 2. The first kappa shape index (κ1) is 13.6. The number of aliphatic hydroxyl groups excluding tert-OH is 1. The molecule has 108 valence electrons. The van der Waals surface area contributed by atoms with E-state index in [4.69, 9.17) is 5.11 Å². The lowest BCUT2D eigenvalue weighted by atomic mass is 9.98. The zero-order chi connectivity index (χ0) is 14.8. The molecular formula is C16H18N4O. The molecule has 0 radical (unpaired) electrons. The van der Waals surface area contributed by atoms with Gasteiger partial charge in [-0.1, -0.05) is 6.07 Å². The van der Waals surface area contributed by atoms with Crippen LogP contribution in [0.2, 0.25) is 0 Å². The van der Waals surface area contributed by atoms with Crippen LogP contribution in [0.25, 0.3) is 22.0 Å². The first-order chi connectivity index (χ1) is 10.2. The van der Waals surface area contributed by atoms with Crippen LogP contribution in [0.15, 0.2) is 36.7 Å². The van der Waals surface area contributed by atoms with Crippen LogP contribution >= 0.6 is 0 Å². The highest BCUT2D eigenvalue weighted by Gasteiger charge is 2.09. The van der Waals surface area contributed by atoms with Crippen molar-refractivity contribution in [2.45, 2.75) is 19.9 Å². The average Bonchev–Trinajstić information content (AvgIpc) is 2.96. The average molecular weight is 282 g/mol. The lowest BCUT2D eigenvalue weighted by Crippen LogP contribution is -2.19.